The standard InChI is InChI=1S/C14H10N2O2/c1-9-3-4-10(7-12(9)15-2)13-8-11(14(17)18)5-6-16-13/h3-8H,1H3,(H,17,18). The highest BCUT2D eigenvalue weighted by Crippen LogP contribution is 2.26. The van der Waals surface area contributed by atoms with E-state index in [1.54, 1.807) is 6.07 Å². The van der Waals surface area contributed by atoms with Crippen molar-refractivity contribution in [2.24, 2.45) is 0 Å². The van der Waals surface area contributed by atoms with Crippen LogP contribution in [0.3, 0.4) is 0 Å². The van der Waals surface area contributed by atoms with Crippen LogP contribution in [-0.2, 0) is 0 Å². The molecule has 0 amide bonds. The Morgan fingerprint density at radius 2 is 2.11 bits per heavy atom. The van der Waals surface area contributed by atoms with Gasteiger partial charge in [-0.2, -0.15) is 0 Å². The maximum Gasteiger partial charge on any atom is 0.335 e. The van der Waals surface area contributed by atoms with Gasteiger partial charge in [0.2, 0.25) is 0 Å². The molecule has 0 aliphatic heterocycles. The zero-order valence-corrected chi connectivity index (χ0v) is 9.71. The summed E-state index contributed by atoms with van der Waals surface area (Å²) in [4.78, 5) is 18.4. The van der Waals surface area contributed by atoms with Crippen LogP contribution < -0.4 is 0 Å². The Morgan fingerprint density at radius 1 is 1.33 bits per heavy atom. The van der Waals surface area contributed by atoms with Crippen molar-refractivity contribution < 1.29 is 9.90 Å². The summed E-state index contributed by atoms with van der Waals surface area (Å²) in [5.41, 5.74) is 2.93. The highest BCUT2D eigenvalue weighted by atomic mass is 16.4. The molecule has 0 aliphatic rings. The van der Waals surface area contributed by atoms with E-state index in [1.165, 1.54) is 18.3 Å². The van der Waals surface area contributed by atoms with Gasteiger partial charge in [-0.1, -0.05) is 12.1 Å². The van der Waals surface area contributed by atoms with Crippen molar-refractivity contribution in [1.29, 1.82) is 0 Å². The highest BCUT2D eigenvalue weighted by Gasteiger charge is 2.07. The van der Waals surface area contributed by atoms with Gasteiger partial charge in [-0.3, -0.25) is 4.98 Å². The molecule has 1 aromatic carbocycles. The third-order valence-corrected chi connectivity index (χ3v) is 2.63. The average molecular weight is 238 g/mol. The SMILES string of the molecule is [C-]#[N+]c1cc(-c2cc(C(=O)O)ccn2)ccc1C. The molecule has 0 saturated carbocycles. The van der Waals surface area contributed by atoms with E-state index in [4.69, 9.17) is 11.7 Å². The molecular formula is C14H10N2O2. The first kappa shape index (κ1) is 11.8. The highest BCUT2D eigenvalue weighted by molar-refractivity contribution is 5.89. The van der Waals surface area contributed by atoms with Crippen LogP contribution in [0.25, 0.3) is 16.1 Å². The minimum Gasteiger partial charge on any atom is -0.478 e. The number of aromatic carboxylic acids is 1. The summed E-state index contributed by atoms with van der Waals surface area (Å²) >= 11 is 0. The topological polar surface area (TPSA) is 54.5 Å². The van der Waals surface area contributed by atoms with Gasteiger partial charge in [0.1, 0.15) is 0 Å². The quantitative estimate of drug-likeness (QED) is 0.816. The van der Waals surface area contributed by atoms with Gasteiger partial charge in [-0.25, -0.2) is 9.64 Å². The van der Waals surface area contributed by atoms with Gasteiger partial charge in [0.05, 0.1) is 17.8 Å². The lowest BCUT2D eigenvalue weighted by Gasteiger charge is -2.04. The maximum absolute atomic E-state index is 10.9. The Labute approximate surface area is 104 Å². The molecule has 0 radical (unpaired) electrons. The number of hydrogen-bond donors (Lipinski definition) is 1. The van der Waals surface area contributed by atoms with E-state index in [0.29, 0.717) is 11.4 Å². The lowest BCUT2D eigenvalue weighted by molar-refractivity contribution is 0.0697. The fourth-order valence-corrected chi connectivity index (χ4v) is 1.61. The minimum atomic E-state index is -0.990. The van der Waals surface area contributed by atoms with E-state index >= 15 is 0 Å². The van der Waals surface area contributed by atoms with Gasteiger partial charge in [0.15, 0.2) is 5.69 Å². The summed E-state index contributed by atoms with van der Waals surface area (Å²) in [7, 11) is 0. The summed E-state index contributed by atoms with van der Waals surface area (Å²) in [6, 6.07) is 8.32. The molecule has 4 heteroatoms. The molecule has 0 unspecified atom stereocenters. The van der Waals surface area contributed by atoms with Crippen LogP contribution in [0.2, 0.25) is 0 Å². The summed E-state index contributed by atoms with van der Waals surface area (Å²) in [5, 5.41) is 8.92. The van der Waals surface area contributed by atoms with Crippen LogP contribution in [0.4, 0.5) is 5.69 Å². The molecule has 0 aliphatic carbocycles. The molecule has 1 heterocycles. The second kappa shape index (κ2) is 4.68. The van der Waals surface area contributed by atoms with Gasteiger partial charge in [-0.15, -0.1) is 0 Å². The molecule has 0 atom stereocenters. The molecule has 4 nitrogen and oxygen atoms in total. The average Bonchev–Trinajstić information content (AvgIpc) is 2.39. The maximum atomic E-state index is 10.9. The molecule has 0 fully saturated rings. The van der Waals surface area contributed by atoms with E-state index in [-0.39, 0.29) is 5.56 Å². The van der Waals surface area contributed by atoms with Crippen LogP contribution in [0.5, 0.6) is 0 Å². The zero-order chi connectivity index (χ0) is 13.1. The lowest BCUT2D eigenvalue weighted by Crippen LogP contribution is -1.97. The third kappa shape index (κ3) is 2.20. The largest absolute Gasteiger partial charge is 0.478 e. The lowest BCUT2D eigenvalue weighted by atomic mass is 10.1. The van der Waals surface area contributed by atoms with Crippen molar-refractivity contribution in [2.75, 3.05) is 0 Å². The van der Waals surface area contributed by atoms with Gasteiger partial charge in [0, 0.05) is 6.20 Å². The molecule has 88 valence electrons. The summed E-state index contributed by atoms with van der Waals surface area (Å²) in [6.07, 6.45) is 1.45. The van der Waals surface area contributed by atoms with Gasteiger partial charge in [-0.05, 0) is 36.2 Å². The molecule has 0 spiro atoms. The summed E-state index contributed by atoms with van der Waals surface area (Å²) in [6.45, 7) is 8.92. The number of carbonyl (C=O) groups is 1. The Balaban J connectivity index is 2.52. The molecule has 0 saturated heterocycles. The normalized spacial score (nSPS) is 9.78. The number of benzene rings is 1. The molecule has 18 heavy (non-hydrogen) atoms. The van der Waals surface area contributed by atoms with Crippen LogP contribution in [-0.4, -0.2) is 16.1 Å². The van der Waals surface area contributed by atoms with Crippen LogP contribution in [0, 0.1) is 13.5 Å². The van der Waals surface area contributed by atoms with Crippen molar-refractivity contribution in [3.8, 4) is 11.3 Å². The monoisotopic (exact) mass is 238 g/mol. The fraction of sp³-hybridized carbons (Fsp3) is 0.0714. The number of aromatic nitrogens is 1. The van der Waals surface area contributed by atoms with Crippen molar-refractivity contribution in [3.63, 3.8) is 0 Å². The van der Waals surface area contributed by atoms with E-state index in [9.17, 15) is 4.79 Å². The zero-order valence-electron chi connectivity index (χ0n) is 9.71. The first-order valence-corrected chi connectivity index (χ1v) is 5.29. The van der Waals surface area contributed by atoms with Crippen LogP contribution in [0.15, 0.2) is 36.5 Å². The number of hydrogen-bond acceptors (Lipinski definition) is 2. The third-order valence-electron chi connectivity index (χ3n) is 2.63. The van der Waals surface area contributed by atoms with E-state index < -0.39 is 5.97 Å². The number of nitrogens with zero attached hydrogens (tertiary/aromatic N) is 2. The molecular weight excluding hydrogens is 228 g/mol. The van der Waals surface area contributed by atoms with Gasteiger partial charge in [0.25, 0.3) is 0 Å². The van der Waals surface area contributed by atoms with E-state index in [2.05, 4.69) is 9.83 Å². The Hall–Kier alpha value is -2.67. The van der Waals surface area contributed by atoms with Crippen molar-refractivity contribution >= 4 is 11.7 Å². The predicted octanol–water partition coefficient (Wildman–Crippen LogP) is 3.31. The van der Waals surface area contributed by atoms with E-state index in [0.717, 1.165) is 11.1 Å². The molecule has 2 rings (SSSR count). The number of rotatable bonds is 2. The Morgan fingerprint density at radius 3 is 2.78 bits per heavy atom. The van der Waals surface area contributed by atoms with Gasteiger partial charge >= 0.3 is 5.97 Å². The first-order chi connectivity index (χ1) is 8.61. The number of pyridine rings is 1. The van der Waals surface area contributed by atoms with E-state index in [1.807, 2.05) is 19.1 Å². The van der Waals surface area contributed by atoms with Crippen molar-refractivity contribution in [1.82, 2.24) is 4.98 Å². The Kier molecular flexibility index (Phi) is 3.07. The molecule has 2 aromatic rings. The van der Waals surface area contributed by atoms with Crippen molar-refractivity contribution in [3.05, 3.63) is 59.1 Å². The minimum absolute atomic E-state index is 0.185. The van der Waals surface area contributed by atoms with Crippen LogP contribution in [0.1, 0.15) is 15.9 Å². The Bertz CT molecular complexity index is 657. The fourth-order valence-electron chi connectivity index (χ4n) is 1.61. The predicted molar refractivity (Wildman–Crippen MR) is 67.6 cm³/mol. The molecule has 1 aromatic heterocycles. The summed E-state index contributed by atoms with van der Waals surface area (Å²) in [5.74, 6) is -0.990. The summed E-state index contributed by atoms with van der Waals surface area (Å²) < 4.78 is 0. The second-order valence-electron chi connectivity index (χ2n) is 3.85. The number of carboxylic acids is 1. The molecule has 1 N–H and O–H groups in total. The smallest absolute Gasteiger partial charge is 0.335 e. The second-order valence-corrected chi connectivity index (χ2v) is 3.85. The van der Waals surface area contributed by atoms with Gasteiger partial charge < -0.3 is 5.11 Å². The van der Waals surface area contributed by atoms with Crippen molar-refractivity contribution in [2.45, 2.75) is 6.92 Å². The number of aryl methyl sites for hydroxylation is 1. The first-order valence-electron chi connectivity index (χ1n) is 5.29. The van der Waals surface area contributed by atoms with Crippen LogP contribution >= 0.6 is 0 Å². The molecule has 0 bridgehead atoms. The number of carboxylic acid groups (broad SMARTS) is 1.